The van der Waals surface area contributed by atoms with Gasteiger partial charge < -0.3 is 14.8 Å². The molecule has 5 aromatic rings. The van der Waals surface area contributed by atoms with E-state index in [-0.39, 0.29) is 41.5 Å². The Bertz CT molecular complexity index is 1980. The first-order chi connectivity index (χ1) is 22.6. The van der Waals surface area contributed by atoms with Gasteiger partial charge in [-0.3, -0.25) is 0 Å². The minimum atomic E-state index is -4.22. The third-order valence-corrected chi connectivity index (χ3v) is 9.94. The Morgan fingerprint density at radius 2 is 1.43 bits per heavy atom. The fourth-order valence-electron chi connectivity index (χ4n) is 5.79. The summed E-state index contributed by atoms with van der Waals surface area (Å²) < 4.78 is 40.1. The van der Waals surface area contributed by atoms with Crippen LogP contribution in [0, 0.1) is 12.8 Å². The van der Waals surface area contributed by atoms with E-state index in [2.05, 4.69) is 22.4 Å². The Morgan fingerprint density at radius 3 is 2.04 bits per heavy atom. The first kappa shape index (κ1) is 31.7. The van der Waals surface area contributed by atoms with E-state index in [1.54, 1.807) is 12.1 Å². The molecule has 1 N–H and O–H groups in total. The van der Waals surface area contributed by atoms with Crippen LogP contribution in [0.1, 0.15) is 64.4 Å². The smallest absolute Gasteiger partial charge is 0.407 e. The maximum absolute atomic E-state index is 14.0. The first-order valence-electron chi connectivity index (χ1n) is 15.4. The van der Waals surface area contributed by atoms with E-state index < -0.39 is 28.1 Å². The van der Waals surface area contributed by atoms with Gasteiger partial charge in [-0.15, -0.1) is 0 Å². The molecule has 1 aromatic heterocycles. The van der Waals surface area contributed by atoms with E-state index >= 15 is 0 Å². The highest BCUT2D eigenvalue weighted by Gasteiger charge is 2.33. The molecule has 4 aromatic carbocycles. The number of nitrogens with zero attached hydrogens (tertiary/aromatic N) is 2. The van der Waals surface area contributed by atoms with Gasteiger partial charge in [-0.25, -0.2) is 27.0 Å². The molecule has 0 unspecified atom stereocenters. The highest BCUT2D eigenvalue weighted by Crippen LogP contribution is 2.44. The maximum atomic E-state index is 14.0. The van der Waals surface area contributed by atoms with Gasteiger partial charge in [-0.2, -0.15) is 0 Å². The van der Waals surface area contributed by atoms with E-state index in [1.165, 1.54) is 12.1 Å². The number of alkyl carbamates (subject to hydrolysis) is 1. The molecule has 240 valence electrons. The van der Waals surface area contributed by atoms with Crippen LogP contribution in [0.3, 0.4) is 0 Å². The number of hydrogen-bond donors (Lipinski definition) is 1. The average molecular weight is 650 g/mol. The largest absolute Gasteiger partial charge is 0.456 e. The summed E-state index contributed by atoms with van der Waals surface area (Å²) in [7, 11) is -4.22. The van der Waals surface area contributed by atoms with Crippen molar-refractivity contribution in [1.29, 1.82) is 0 Å². The summed E-state index contributed by atoms with van der Waals surface area (Å²) in [4.78, 5) is 31.0. The quantitative estimate of drug-likeness (QED) is 0.162. The van der Waals surface area contributed by atoms with Gasteiger partial charge in [-0.05, 0) is 52.8 Å². The van der Waals surface area contributed by atoms with Crippen molar-refractivity contribution in [3.05, 3.63) is 143 Å². The summed E-state index contributed by atoms with van der Waals surface area (Å²) >= 11 is 0. The van der Waals surface area contributed by atoms with Crippen molar-refractivity contribution >= 4 is 22.1 Å². The minimum Gasteiger partial charge on any atom is -0.456 e. The van der Waals surface area contributed by atoms with Crippen molar-refractivity contribution in [2.75, 3.05) is 6.61 Å². The van der Waals surface area contributed by atoms with Crippen molar-refractivity contribution in [2.45, 2.75) is 44.2 Å². The van der Waals surface area contributed by atoms with Gasteiger partial charge >= 0.3 is 12.1 Å². The zero-order valence-electron chi connectivity index (χ0n) is 26.3. The molecule has 0 saturated carbocycles. The van der Waals surface area contributed by atoms with E-state index in [9.17, 15) is 18.0 Å². The van der Waals surface area contributed by atoms with Crippen molar-refractivity contribution in [2.24, 2.45) is 5.92 Å². The predicted molar refractivity (Wildman–Crippen MR) is 177 cm³/mol. The molecule has 0 fully saturated rings. The Kier molecular flexibility index (Phi) is 8.95. The van der Waals surface area contributed by atoms with Crippen LogP contribution >= 0.6 is 0 Å². The van der Waals surface area contributed by atoms with Gasteiger partial charge in [0.1, 0.15) is 19.0 Å². The van der Waals surface area contributed by atoms with Crippen LogP contribution in [-0.2, 0) is 26.1 Å². The van der Waals surface area contributed by atoms with E-state index in [4.69, 9.17) is 9.47 Å². The molecule has 6 rings (SSSR count). The summed E-state index contributed by atoms with van der Waals surface area (Å²) in [6.07, 6.45) is 0.410. The number of nitrogens with one attached hydrogen (secondary N) is 1. The molecule has 1 heterocycles. The summed E-state index contributed by atoms with van der Waals surface area (Å²) in [5.41, 5.74) is 5.80. The number of aryl methyl sites for hydroxylation is 1. The fourth-order valence-corrected chi connectivity index (χ4v) is 7.14. The number of carbonyl (C=O) groups excluding carboxylic acids is 2. The molecule has 0 aliphatic heterocycles. The highest BCUT2D eigenvalue weighted by molar-refractivity contribution is 7.90. The molecule has 0 radical (unpaired) electrons. The predicted octanol–water partition coefficient (Wildman–Crippen LogP) is 7.02. The first-order valence-corrected chi connectivity index (χ1v) is 16.8. The number of esters is 1. The van der Waals surface area contributed by atoms with Gasteiger partial charge in [-0.1, -0.05) is 110 Å². The Labute approximate surface area is 274 Å². The van der Waals surface area contributed by atoms with Crippen LogP contribution in [0.2, 0.25) is 0 Å². The van der Waals surface area contributed by atoms with Crippen molar-refractivity contribution in [3.63, 3.8) is 0 Å². The third-order valence-electron chi connectivity index (χ3n) is 8.26. The molecule has 1 aliphatic carbocycles. The molecule has 1 atom stereocenters. The number of aromatic nitrogens is 2. The number of hydrogen-bond acceptors (Lipinski definition) is 7. The number of rotatable bonds is 10. The number of amides is 1. The van der Waals surface area contributed by atoms with Gasteiger partial charge in [0.05, 0.1) is 17.1 Å². The molecule has 1 aliphatic rings. The third kappa shape index (κ3) is 6.55. The second kappa shape index (κ2) is 13.3. The zero-order valence-corrected chi connectivity index (χ0v) is 27.1. The number of ether oxygens (including phenoxy) is 2. The molecule has 1 amide bonds. The van der Waals surface area contributed by atoms with Crippen LogP contribution in [0.4, 0.5) is 4.79 Å². The van der Waals surface area contributed by atoms with E-state index in [0.29, 0.717) is 0 Å². The van der Waals surface area contributed by atoms with Crippen LogP contribution in [0.15, 0.2) is 114 Å². The van der Waals surface area contributed by atoms with Crippen molar-refractivity contribution < 1.29 is 27.5 Å². The van der Waals surface area contributed by atoms with Gasteiger partial charge in [0, 0.05) is 5.92 Å². The fraction of sp³-hybridized carbons (Fsp3) is 0.216. The number of benzene rings is 4. The van der Waals surface area contributed by atoms with Crippen LogP contribution in [-0.4, -0.2) is 36.0 Å². The monoisotopic (exact) mass is 649 g/mol. The van der Waals surface area contributed by atoms with Crippen LogP contribution < -0.4 is 5.32 Å². The zero-order chi connectivity index (χ0) is 33.1. The SMILES string of the molecule is Cc1ccc(S(=O)(=O)n2cc(C(=O)OCc3ccccc3)nc2[C@@H](NC(=O)OCC2c3ccccc3-c3ccccc32)C(C)C)cc1. The lowest BCUT2D eigenvalue weighted by Crippen LogP contribution is -2.35. The summed E-state index contributed by atoms with van der Waals surface area (Å²) in [5, 5.41) is 2.83. The Balaban J connectivity index is 1.27. The lowest BCUT2D eigenvalue weighted by atomic mass is 9.98. The van der Waals surface area contributed by atoms with Crippen molar-refractivity contribution in [1.82, 2.24) is 14.3 Å². The molecule has 0 saturated heterocycles. The number of fused-ring (bicyclic) bond motifs is 3. The van der Waals surface area contributed by atoms with Crippen molar-refractivity contribution in [3.8, 4) is 11.1 Å². The maximum Gasteiger partial charge on any atom is 0.407 e. The van der Waals surface area contributed by atoms with Gasteiger partial charge in [0.2, 0.25) is 0 Å². The Morgan fingerprint density at radius 1 is 0.830 bits per heavy atom. The summed E-state index contributed by atoms with van der Waals surface area (Å²) in [6, 6.07) is 30.6. The molecular formula is C37H35N3O6S. The second-order valence-electron chi connectivity index (χ2n) is 11.9. The number of carbonyl (C=O) groups is 2. The number of imidazole rings is 1. The lowest BCUT2D eigenvalue weighted by Gasteiger charge is -2.23. The summed E-state index contributed by atoms with van der Waals surface area (Å²) in [5.74, 6) is -1.32. The molecule has 0 spiro atoms. The van der Waals surface area contributed by atoms with E-state index in [0.717, 1.165) is 43.5 Å². The lowest BCUT2D eigenvalue weighted by molar-refractivity contribution is 0.0466. The average Bonchev–Trinajstić information content (AvgIpc) is 3.66. The Hall–Kier alpha value is -5.22. The normalized spacial score (nSPS) is 13.1. The van der Waals surface area contributed by atoms with Crippen LogP contribution in [0.5, 0.6) is 0 Å². The topological polar surface area (TPSA) is 117 Å². The second-order valence-corrected chi connectivity index (χ2v) is 13.7. The highest BCUT2D eigenvalue weighted by atomic mass is 32.2. The molecular weight excluding hydrogens is 614 g/mol. The standard InChI is InChI=1S/C37H35N3O6S/c1-24(2)34(39-37(42)46-23-32-30-15-9-7-13-28(30)29-14-8-10-16-31(29)32)35-38-33(36(41)45-22-26-11-5-4-6-12-26)21-40(35)47(43,44)27-19-17-25(3)18-20-27/h4-21,24,32,34H,22-23H2,1-3H3,(H,39,42)/t34-/m0/s1. The summed E-state index contributed by atoms with van der Waals surface area (Å²) in [6.45, 7) is 5.56. The van der Waals surface area contributed by atoms with Gasteiger partial charge in [0.25, 0.3) is 10.0 Å². The van der Waals surface area contributed by atoms with Crippen LogP contribution in [0.25, 0.3) is 11.1 Å². The molecule has 47 heavy (non-hydrogen) atoms. The van der Waals surface area contributed by atoms with E-state index in [1.807, 2.05) is 87.5 Å². The molecule has 9 nitrogen and oxygen atoms in total. The van der Waals surface area contributed by atoms with Gasteiger partial charge in [0.15, 0.2) is 5.69 Å². The molecule has 10 heteroatoms. The minimum absolute atomic E-state index is 0.00889. The molecule has 0 bridgehead atoms.